The monoisotopic (exact) mass is 784 g/mol. The first-order chi connectivity index (χ1) is 33.6. The lowest BCUT2D eigenvalue weighted by Crippen LogP contribution is -2.02. The number of aryl methyl sites for hydroxylation is 6. The van der Waals surface area contributed by atoms with Crippen molar-refractivity contribution in [3.63, 3.8) is 0 Å². The molecule has 0 aliphatic rings. The average molecular weight is 785 g/mol. The van der Waals surface area contributed by atoms with E-state index in [0.29, 0.717) is 27.5 Å². The van der Waals surface area contributed by atoms with Gasteiger partial charge in [-0.1, -0.05) is 97.1 Å². The predicted molar refractivity (Wildman–Crippen MR) is 230 cm³/mol. The largest absolute Gasteiger partial charge is 0.455 e. The lowest BCUT2D eigenvalue weighted by Gasteiger charge is -2.12. The average Bonchev–Trinajstić information content (AvgIpc) is 3.74. The van der Waals surface area contributed by atoms with E-state index in [0.717, 1.165) is 36.8 Å². The number of para-hydroxylation sites is 1. The summed E-state index contributed by atoms with van der Waals surface area (Å²) in [5, 5.41) is 10.5. The quantitative estimate of drug-likeness (QED) is 0.123. The zero-order chi connectivity index (χ0) is 50.8. The number of pyridine rings is 3. The van der Waals surface area contributed by atoms with E-state index in [9.17, 15) is 16.2 Å². The molecule has 0 spiro atoms. The fraction of sp³-hybridized carbons (Fsp3) is 0.115. The van der Waals surface area contributed by atoms with Gasteiger partial charge in [-0.2, -0.15) is 5.26 Å². The molecule has 286 valence electrons. The molecule has 0 aliphatic carbocycles. The molecular formula is C52H38F2N4O. The molecule has 0 unspecified atom stereocenters. The first-order valence-corrected chi connectivity index (χ1v) is 18.5. The van der Waals surface area contributed by atoms with Crippen molar-refractivity contribution in [1.82, 2.24) is 15.0 Å². The summed E-state index contributed by atoms with van der Waals surface area (Å²) in [6.45, 7) is 0. The Kier molecular flexibility index (Phi) is 7.30. The van der Waals surface area contributed by atoms with Crippen LogP contribution in [0.4, 0.5) is 8.78 Å². The first kappa shape index (κ1) is 25.9. The number of benzene rings is 5. The van der Waals surface area contributed by atoms with Gasteiger partial charge in [-0.3, -0.25) is 15.0 Å². The van der Waals surface area contributed by atoms with Crippen LogP contribution in [0.1, 0.15) is 55.4 Å². The van der Waals surface area contributed by atoms with Crippen LogP contribution in [0, 0.1) is 23.0 Å². The standard InChI is InChI=1S/C52H38F2N4O/c53-46-28-49(39-8-3-1-4-9-39)57-32-41(46)20-16-36-24-35(25-37(26-36)17-21-42-33-58-50(29-47(42)54)40-10-5-2-6-11-40)15-14-34-19-23-48(56-31-34)45-13-7-12-44-43-22-18-38(30-55)27-51(43)59-52(44)45/h1-13,18-19,22-29,31-33H,14-17,20-21H2/i14D2,15D2,16D2,17D2,18D,27D,28D,29D. The summed E-state index contributed by atoms with van der Waals surface area (Å²) in [6.07, 6.45) is -9.53. The molecule has 9 aromatic rings. The summed E-state index contributed by atoms with van der Waals surface area (Å²) < 4.78 is 146. The number of halogens is 2. The van der Waals surface area contributed by atoms with E-state index in [4.69, 9.17) is 9.90 Å². The molecule has 0 aliphatic heterocycles. The molecule has 0 saturated carbocycles. The SMILES string of the molecule is [2H]c1cc2c(oc3c(-c4ccc(C([2H])([2H])C([2H])([2H])c5cc(C([2H])([2H])Cc6cnc(-c7ccccc7)c([2H])c6F)cc(C([2H])([2H])Cc6cnc(-c7ccccc7)c([2H])c6F)c5)cn4)cccc32)c([2H])c1C#N. The Hall–Kier alpha value is -7.30. The summed E-state index contributed by atoms with van der Waals surface area (Å²) in [7, 11) is 0. The van der Waals surface area contributed by atoms with E-state index in [2.05, 4.69) is 15.0 Å². The van der Waals surface area contributed by atoms with Crippen LogP contribution in [-0.4, -0.2) is 15.0 Å². The molecule has 5 aromatic carbocycles. The Labute approximate surface area is 358 Å². The number of nitrogens with zero attached hydrogens (tertiary/aromatic N) is 4. The van der Waals surface area contributed by atoms with Crippen LogP contribution in [-0.2, 0) is 38.3 Å². The number of fused-ring (bicyclic) bond motifs is 3. The highest BCUT2D eigenvalue weighted by Gasteiger charge is 2.15. The maximum Gasteiger partial charge on any atom is 0.144 e. The van der Waals surface area contributed by atoms with Crippen molar-refractivity contribution in [3.05, 3.63) is 209 Å². The van der Waals surface area contributed by atoms with Crippen LogP contribution in [0.2, 0.25) is 0 Å². The Balaban J connectivity index is 1.11. The van der Waals surface area contributed by atoms with Crippen LogP contribution in [0.15, 0.2) is 162 Å². The molecule has 0 saturated heterocycles. The van der Waals surface area contributed by atoms with Gasteiger partial charge in [-0.25, -0.2) is 8.78 Å². The van der Waals surface area contributed by atoms with Gasteiger partial charge in [0.25, 0.3) is 0 Å². The van der Waals surface area contributed by atoms with Gasteiger partial charge >= 0.3 is 0 Å². The second kappa shape index (κ2) is 16.7. The van der Waals surface area contributed by atoms with Crippen molar-refractivity contribution in [3.8, 4) is 39.8 Å². The molecule has 0 atom stereocenters. The van der Waals surface area contributed by atoms with Gasteiger partial charge in [0.2, 0.25) is 0 Å². The van der Waals surface area contributed by atoms with Gasteiger partial charge in [0, 0.05) is 80.2 Å². The zero-order valence-corrected chi connectivity index (χ0v) is 31.1. The number of rotatable bonds is 12. The number of furan rings is 1. The summed E-state index contributed by atoms with van der Waals surface area (Å²) in [4.78, 5) is 13.0. The molecule has 0 bridgehead atoms. The lowest BCUT2D eigenvalue weighted by atomic mass is 9.94. The molecule has 5 nitrogen and oxygen atoms in total. The molecule has 0 fully saturated rings. The lowest BCUT2D eigenvalue weighted by molar-refractivity contribution is 0.606. The molecular weight excluding hydrogens is 735 g/mol. The van der Waals surface area contributed by atoms with Crippen molar-refractivity contribution < 1.29 is 29.6 Å². The molecule has 59 heavy (non-hydrogen) atoms. The second-order valence-corrected chi connectivity index (χ2v) is 13.5. The molecule has 0 amide bonds. The van der Waals surface area contributed by atoms with Gasteiger partial charge in [0.05, 0.1) is 34.2 Å². The van der Waals surface area contributed by atoms with Crippen molar-refractivity contribution >= 4 is 21.9 Å². The van der Waals surface area contributed by atoms with Gasteiger partial charge in [0.15, 0.2) is 0 Å². The molecule has 7 heteroatoms. The third-order valence-corrected chi connectivity index (χ3v) is 9.57. The third kappa shape index (κ3) is 8.25. The number of hydrogen-bond acceptors (Lipinski definition) is 5. The molecule has 9 rings (SSSR count). The number of hydrogen-bond donors (Lipinski definition) is 0. The second-order valence-electron chi connectivity index (χ2n) is 13.5. The topological polar surface area (TPSA) is 75.6 Å². The molecule has 0 N–H and O–H groups in total. The summed E-state index contributed by atoms with van der Waals surface area (Å²) in [5.74, 6) is -2.11. The van der Waals surface area contributed by atoms with Crippen molar-refractivity contribution in [2.24, 2.45) is 0 Å². The van der Waals surface area contributed by atoms with E-state index in [1.165, 1.54) is 18.2 Å². The summed E-state index contributed by atoms with van der Waals surface area (Å²) >= 11 is 0. The van der Waals surface area contributed by atoms with Gasteiger partial charge in [-0.15, -0.1) is 0 Å². The van der Waals surface area contributed by atoms with Crippen LogP contribution in [0.5, 0.6) is 0 Å². The highest BCUT2D eigenvalue weighted by Crippen LogP contribution is 2.35. The minimum Gasteiger partial charge on any atom is -0.455 e. The third-order valence-electron chi connectivity index (χ3n) is 9.57. The Morgan fingerprint density at radius 3 is 1.73 bits per heavy atom. The van der Waals surface area contributed by atoms with E-state index >= 15 is 8.78 Å². The number of nitriles is 1. The first-order valence-electron chi connectivity index (χ1n) is 24.5. The number of aromatic nitrogens is 3. The van der Waals surface area contributed by atoms with Crippen LogP contribution in [0.3, 0.4) is 0 Å². The highest BCUT2D eigenvalue weighted by atomic mass is 19.1. The van der Waals surface area contributed by atoms with Crippen molar-refractivity contribution in [2.45, 2.75) is 38.3 Å². The highest BCUT2D eigenvalue weighted by molar-refractivity contribution is 6.09. The molecule has 4 heterocycles. The van der Waals surface area contributed by atoms with Gasteiger partial charge in [-0.05, 0) is 90.9 Å². The predicted octanol–water partition coefficient (Wildman–Crippen LogP) is 12.3. The minimum absolute atomic E-state index is 0.0185. The van der Waals surface area contributed by atoms with E-state index in [1.807, 2.05) is 6.07 Å². The normalized spacial score (nSPS) is 15.2. The van der Waals surface area contributed by atoms with E-state index in [1.54, 1.807) is 78.9 Å². The zero-order valence-electron chi connectivity index (χ0n) is 43.1. The smallest absolute Gasteiger partial charge is 0.144 e. The van der Waals surface area contributed by atoms with Crippen LogP contribution >= 0.6 is 0 Å². The minimum atomic E-state index is -3.08. The van der Waals surface area contributed by atoms with Gasteiger partial charge < -0.3 is 4.42 Å². The van der Waals surface area contributed by atoms with E-state index < -0.39 is 67.6 Å². The Bertz CT molecular complexity index is 3460. The Morgan fingerprint density at radius 1 is 0.576 bits per heavy atom. The van der Waals surface area contributed by atoms with Crippen LogP contribution in [0.25, 0.3) is 55.7 Å². The van der Waals surface area contributed by atoms with Crippen LogP contribution < -0.4 is 0 Å². The summed E-state index contributed by atoms with van der Waals surface area (Å²) in [5.41, 5.74) is -0.324. The molecule has 4 aromatic heterocycles. The fourth-order valence-electron chi connectivity index (χ4n) is 6.56. The summed E-state index contributed by atoms with van der Waals surface area (Å²) in [6, 6.07) is 29.5. The van der Waals surface area contributed by atoms with Crippen molar-refractivity contribution in [1.29, 1.82) is 5.26 Å². The maximum atomic E-state index is 16.0. The van der Waals surface area contributed by atoms with Crippen molar-refractivity contribution in [2.75, 3.05) is 0 Å². The fourth-order valence-corrected chi connectivity index (χ4v) is 6.56. The van der Waals surface area contributed by atoms with Gasteiger partial charge in [0.1, 0.15) is 22.8 Å². The molecule has 0 radical (unpaired) electrons. The van der Waals surface area contributed by atoms with E-state index in [-0.39, 0.29) is 73.7 Å². The maximum absolute atomic E-state index is 16.0. The Morgan fingerprint density at radius 2 is 1.15 bits per heavy atom.